The molecule has 3 aromatic rings. The van der Waals surface area contributed by atoms with Crippen LogP contribution in [0.25, 0.3) is 5.69 Å². The van der Waals surface area contributed by atoms with Crippen molar-refractivity contribution in [3.05, 3.63) is 54.1 Å². The van der Waals surface area contributed by atoms with E-state index >= 15 is 0 Å². The SMILES string of the molecule is COC(=S)NC(c1ccc(-n2cncn2)c(F)c1)c1cn[nH]n1. The summed E-state index contributed by atoms with van der Waals surface area (Å²) >= 11 is 5.02. The van der Waals surface area contributed by atoms with Crippen molar-refractivity contribution in [2.45, 2.75) is 6.04 Å². The summed E-state index contributed by atoms with van der Waals surface area (Å²) in [6.45, 7) is 0. The Hall–Kier alpha value is -2.88. The third kappa shape index (κ3) is 3.16. The fourth-order valence-electron chi connectivity index (χ4n) is 2.08. The normalized spacial score (nSPS) is 11.9. The highest BCUT2D eigenvalue weighted by atomic mass is 32.1. The minimum atomic E-state index is -0.500. The summed E-state index contributed by atoms with van der Waals surface area (Å²) in [6, 6.07) is 4.22. The topological polar surface area (TPSA) is 93.5 Å². The van der Waals surface area contributed by atoms with Gasteiger partial charge in [0.2, 0.25) is 0 Å². The molecule has 23 heavy (non-hydrogen) atoms. The lowest BCUT2D eigenvalue weighted by atomic mass is 10.0. The maximum Gasteiger partial charge on any atom is 0.257 e. The van der Waals surface area contributed by atoms with Gasteiger partial charge < -0.3 is 10.1 Å². The number of ether oxygens (including phenoxy) is 1. The number of thiocarbonyl (C=S) groups is 1. The summed E-state index contributed by atoms with van der Waals surface area (Å²) < 4.78 is 20.7. The molecule has 0 radical (unpaired) electrons. The number of halogens is 1. The van der Waals surface area contributed by atoms with E-state index in [1.54, 1.807) is 12.1 Å². The van der Waals surface area contributed by atoms with Gasteiger partial charge in [0.1, 0.15) is 35.9 Å². The first-order valence-corrected chi connectivity index (χ1v) is 6.94. The Bertz CT molecular complexity index is 791. The molecule has 10 heteroatoms. The van der Waals surface area contributed by atoms with Crippen LogP contribution in [-0.4, -0.2) is 42.5 Å². The lowest BCUT2D eigenvalue weighted by molar-refractivity contribution is 0.387. The van der Waals surface area contributed by atoms with Crippen molar-refractivity contribution >= 4 is 17.4 Å². The van der Waals surface area contributed by atoms with Crippen LogP contribution in [0.1, 0.15) is 17.3 Å². The summed E-state index contributed by atoms with van der Waals surface area (Å²) in [6.07, 6.45) is 4.29. The van der Waals surface area contributed by atoms with E-state index in [2.05, 4.69) is 30.8 Å². The van der Waals surface area contributed by atoms with Gasteiger partial charge in [-0.05, 0) is 29.9 Å². The molecule has 0 spiro atoms. The van der Waals surface area contributed by atoms with Crippen LogP contribution in [0.3, 0.4) is 0 Å². The van der Waals surface area contributed by atoms with Gasteiger partial charge in [-0.15, -0.1) is 0 Å². The highest BCUT2D eigenvalue weighted by Gasteiger charge is 2.20. The number of rotatable bonds is 4. The largest absolute Gasteiger partial charge is 0.474 e. The maximum atomic E-state index is 14.4. The zero-order chi connectivity index (χ0) is 16.2. The summed E-state index contributed by atoms with van der Waals surface area (Å²) in [5.74, 6) is -0.452. The highest BCUT2D eigenvalue weighted by Crippen LogP contribution is 2.23. The number of nitrogens with one attached hydrogen (secondary N) is 2. The van der Waals surface area contributed by atoms with Crippen LogP contribution >= 0.6 is 12.2 Å². The van der Waals surface area contributed by atoms with E-state index in [0.29, 0.717) is 16.9 Å². The molecule has 0 bridgehead atoms. The Morgan fingerprint density at radius 1 is 1.48 bits per heavy atom. The van der Waals surface area contributed by atoms with E-state index in [1.807, 2.05) is 0 Å². The summed E-state index contributed by atoms with van der Waals surface area (Å²) in [4.78, 5) is 3.81. The van der Waals surface area contributed by atoms with Crippen LogP contribution < -0.4 is 5.32 Å². The van der Waals surface area contributed by atoms with E-state index in [1.165, 1.54) is 36.7 Å². The van der Waals surface area contributed by atoms with Crippen molar-refractivity contribution in [2.24, 2.45) is 0 Å². The Morgan fingerprint density at radius 3 is 2.96 bits per heavy atom. The van der Waals surface area contributed by atoms with Crippen molar-refractivity contribution in [3.8, 4) is 5.69 Å². The van der Waals surface area contributed by atoms with Gasteiger partial charge in [0.05, 0.1) is 13.3 Å². The quantitative estimate of drug-likeness (QED) is 0.691. The van der Waals surface area contributed by atoms with Gasteiger partial charge in [0.25, 0.3) is 5.17 Å². The van der Waals surface area contributed by atoms with E-state index in [-0.39, 0.29) is 5.17 Å². The van der Waals surface area contributed by atoms with Gasteiger partial charge in [-0.2, -0.15) is 20.5 Å². The van der Waals surface area contributed by atoms with Crippen molar-refractivity contribution in [1.82, 2.24) is 35.5 Å². The Balaban J connectivity index is 1.96. The number of methoxy groups -OCH3 is 1. The van der Waals surface area contributed by atoms with Crippen LogP contribution in [0, 0.1) is 5.82 Å². The number of benzene rings is 1. The molecule has 0 aliphatic rings. The minimum absolute atomic E-state index is 0.166. The molecule has 2 aromatic heterocycles. The van der Waals surface area contributed by atoms with Crippen molar-refractivity contribution in [3.63, 3.8) is 0 Å². The Labute approximate surface area is 135 Å². The Kier molecular flexibility index (Phi) is 4.24. The van der Waals surface area contributed by atoms with Gasteiger partial charge in [0.15, 0.2) is 0 Å². The maximum absolute atomic E-state index is 14.4. The number of aromatic amines is 1. The summed E-state index contributed by atoms with van der Waals surface area (Å²) in [7, 11) is 1.45. The second kappa shape index (κ2) is 6.48. The van der Waals surface area contributed by atoms with Gasteiger partial charge in [-0.1, -0.05) is 6.07 Å². The monoisotopic (exact) mass is 333 g/mol. The second-order valence-electron chi connectivity index (χ2n) is 4.51. The van der Waals surface area contributed by atoms with E-state index < -0.39 is 11.9 Å². The fourth-order valence-corrected chi connectivity index (χ4v) is 2.19. The molecule has 2 N–H and O–H groups in total. The molecule has 0 aliphatic heterocycles. The molecular weight excluding hydrogens is 321 g/mol. The lowest BCUT2D eigenvalue weighted by Crippen LogP contribution is -2.29. The molecule has 1 atom stereocenters. The van der Waals surface area contributed by atoms with Crippen LogP contribution in [0.5, 0.6) is 0 Å². The molecule has 0 aliphatic carbocycles. The number of hydrogen-bond acceptors (Lipinski definition) is 6. The van der Waals surface area contributed by atoms with Crippen LogP contribution in [-0.2, 0) is 4.74 Å². The lowest BCUT2D eigenvalue weighted by Gasteiger charge is -2.18. The predicted molar refractivity (Wildman–Crippen MR) is 82.3 cm³/mol. The number of hydrogen-bond donors (Lipinski definition) is 2. The first-order valence-electron chi connectivity index (χ1n) is 6.53. The number of aromatic nitrogens is 6. The second-order valence-corrected chi connectivity index (χ2v) is 4.89. The molecule has 0 fully saturated rings. The van der Waals surface area contributed by atoms with Gasteiger partial charge in [-0.25, -0.2) is 14.1 Å². The van der Waals surface area contributed by atoms with E-state index in [4.69, 9.17) is 17.0 Å². The van der Waals surface area contributed by atoms with E-state index in [9.17, 15) is 4.39 Å². The molecule has 0 amide bonds. The molecule has 3 rings (SSSR count). The molecule has 1 aromatic carbocycles. The average Bonchev–Trinajstić information content (AvgIpc) is 3.25. The number of H-pyrrole nitrogens is 1. The molecule has 118 valence electrons. The smallest absolute Gasteiger partial charge is 0.257 e. The number of nitrogens with zero attached hydrogens (tertiary/aromatic N) is 5. The molecule has 1 unspecified atom stereocenters. The fraction of sp³-hybridized carbons (Fsp3) is 0.154. The van der Waals surface area contributed by atoms with Crippen LogP contribution in [0.4, 0.5) is 4.39 Å². The average molecular weight is 333 g/mol. The standard InChI is InChI=1S/C13H12FN7OS/c1-22-13(23)18-12(10-5-16-20-19-10)8-2-3-11(9(14)4-8)21-7-15-6-17-21/h2-7,12H,1H3,(H,18,23)(H,16,19,20). The molecule has 8 nitrogen and oxygen atoms in total. The van der Waals surface area contributed by atoms with Gasteiger partial charge >= 0.3 is 0 Å². The van der Waals surface area contributed by atoms with Crippen LogP contribution in [0.15, 0.2) is 37.1 Å². The van der Waals surface area contributed by atoms with Crippen molar-refractivity contribution in [1.29, 1.82) is 0 Å². The van der Waals surface area contributed by atoms with Crippen molar-refractivity contribution in [2.75, 3.05) is 7.11 Å². The predicted octanol–water partition coefficient (Wildman–Crippen LogP) is 1.13. The third-order valence-corrected chi connectivity index (χ3v) is 3.43. The molecular formula is C13H12FN7OS. The van der Waals surface area contributed by atoms with Gasteiger partial charge in [-0.3, -0.25) is 0 Å². The first-order chi connectivity index (χ1) is 11.2. The minimum Gasteiger partial charge on any atom is -0.474 e. The summed E-state index contributed by atoms with van der Waals surface area (Å²) in [5.41, 5.74) is 1.46. The van der Waals surface area contributed by atoms with E-state index in [0.717, 1.165) is 0 Å². The molecule has 2 heterocycles. The molecule has 0 saturated heterocycles. The van der Waals surface area contributed by atoms with Crippen LogP contribution in [0.2, 0.25) is 0 Å². The Morgan fingerprint density at radius 2 is 2.35 bits per heavy atom. The zero-order valence-electron chi connectivity index (χ0n) is 12.0. The zero-order valence-corrected chi connectivity index (χ0v) is 12.8. The highest BCUT2D eigenvalue weighted by molar-refractivity contribution is 7.80. The third-order valence-electron chi connectivity index (χ3n) is 3.15. The summed E-state index contributed by atoms with van der Waals surface area (Å²) in [5, 5.41) is 17.3. The van der Waals surface area contributed by atoms with Crippen molar-refractivity contribution < 1.29 is 9.13 Å². The van der Waals surface area contributed by atoms with Gasteiger partial charge in [0, 0.05) is 0 Å². The molecule has 0 saturated carbocycles. The first kappa shape index (κ1) is 15.0.